The number of hydrogen-bond donors (Lipinski definition) is 1. The van der Waals surface area contributed by atoms with E-state index in [-0.39, 0.29) is 12.3 Å². The summed E-state index contributed by atoms with van der Waals surface area (Å²) in [7, 11) is 0. The van der Waals surface area contributed by atoms with E-state index in [2.05, 4.69) is 31.0 Å². The Balaban J connectivity index is 1.94. The van der Waals surface area contributed by atoms with Crippen LogP contribution in [0, 0.1) is 0 Å². The normalized spacial score (nSPS) is 15.0. The van der Waals surface area contributed by atoms with E-state index in [1.807, 2.05) is 6.07 Å². The Bertz CT molecular complexity index is 561. The van der Waals surface area contributed by atoms with Gasteiger partial charge in [0.1, 0.15) is 0 Å². The summed E-state index contributed by atoms with van der Waals surface area (Å²) in [6.07, 6.45) is 1.10. The molecule has 0 radical (unpaired) electrons. The van der Waals surface area contributed by atoms with Crippen molar-refractivity contribution in [1.29, 1.82) is 0 Å². The largest absolute Gasteiger partial charge is 0.489 e. The zero-order valence-corrected chi connectivity index (χ0v) is 15.5. The number of carbonyl (C=O) groups excluding carboxylic acids is 1. The lowest BCUT2D eigenvalue weighted by molar-refractivity contribution is -0.120. The smallest absolute Gasteiger partial charge is 0.224 e. The van der Waals surface area contributed by atoms with E-state index in [0.29, 0.717) is 42.3 Å². The van der Waals surface area contributed by atoms with Crippen molar-refractivity contribution in [1.82, 2.24) is 10.2 Å². The first-order valence-electron chi connectivity index (χ1n) is 8.63. The Labute approximate surface area is 149 Å². The van der Waals surface area contributed by atoms with Crippen LogP contribution in [0.5, 0.6) is 11.5 Å². The summed E-state index contributed by atoms with van der Waals surface area (Å²) >= 11 is 6.27. The highest BCUT2D eigenvalue weighted by atomic mass is 35.5. The fourth-order valence-corrected chi connectivity index (χ4v) is 3.16. The SMILES string of the molecule is CCN(CC)C(C)CNC(=O)Cc1cc(Cl)c2c(c1)OCCCO2. The average Bonchev–Trinajstić information content (AvgIpc) is 2.80. The van der Waals surface area contributed by atoms with Crippen LogP contribution in [-0.4, -0.2) is 49.7 Å². The van der Waals surface area contributed by atoms with Gasteiger partial charge in [-0.1, -0.05) is 25.4 Å². The monoisotopic (exact) mass is 354 g/mol. The molecule has 134 valence electrons. The van der Waals surface area contributed by atoms with E-state index in [0.717, 1.165) is 25.1 Å². The third kappa shape index (κ3) is 5.02. The number of nitrogens with one attached hydrogen (secondary N) is 1. The van der Waals surface area contributed by atoms with Gasteiger partial charge in [-0.2, -0.15) is 0 Å². The van der Waals surface area contributed by atoms with Gasteiger partial charge in [0.05, 0.1) is 24.7 Å². The molecule has 1 atom stereocenters. The molecule has 1 unspecified atom stereocenters. The highest BCUT2D eigenvalue weighted by Crippen LogP contribution is 2.38. The van der Waals surface area contributed by atoms with E-state index in [4.69, 9.17) is 21.1 Å². The fraction of sp³-hybridized carbons (Fsp3) is 0.611. The van der Waals surface area contributed by atoms with Crippen LogP contribution in [0.15, 0.2) is 12.1 Å². The number of benzene rings is 1. The second kappa shape index (κ2) is 9.14. The van der Waals surface area contributed by atoms with E-state index in [1.54, 1.807) is 6.07 Å². The molecule has 6 heteroatoms. The van der Waals surface area contributed by atoms with Crippen LogP contribution in [0.2, 0.25) is 5.02 Å². The highest BCUT2D eigenvalue weighted by Gasteiger charge is 2.17. The van der Waals surface area contributed by atoms with E-state index < -0.39 is 0 Å². The van der Waals surface area contributed by atoms with Gasteiger partial charge in [0.2, 0.25) is 5.91 Å². The van der Waals surface area contributed by atoms with Gasteiger partial charge in [0.25, 0.3) is 0 Å². The lowest BCUT2D eigenvalue weighted by atomic mass is 10.1. The lowest BCUT2D eigenvalue weighted by Gasteiger charge is -2.26. The van der Waals surface area contributed by atoms with Gasteiger partial charge in [0, 0.05) is 19.0 Å². The molecule has 1 aliphatic heterocycles. The Morgan fingerprint density at radius 3 is 2.71 bits per heavy atom. The molecule has 0 spiro atoms. The minimum Gasteiger partial charge on any atom is -0.489 e. The molecule has 1 aliphatic rings. The Hall–Kier alpha value is -1.46. The summed E-state index contributed by atoms with van der Waals surface area (Å²) in [5.41, 5.74) is 0.831. The first-order valence-corrected chi connectivity index (χ1v) is 9.01. The van der Waals surface area contributed by atoms with Crippen molar-refractivity contribution in [2.24, 2.45) is 0 Å². The van der Waals surface area contributed by atoms with Crippen LogP contribution >= 0.6 is 11.6 Å². The van der Waals surface area contributed by atoms with Gasteiger partial charge in [-0.3, -0.25) is 9.69 Å². The van der Waals surface area contributed by atoms with Gasteiger partial charge in [0.15, 0.2) is 11.5 Å². The van der Waals surface area contributed by atoms with Crippen molar-refractivity contribution >= 4 is 17.5 Å². The maximum Gasteiger partial charge on any atom is 0.224 e. The molecule has 0 aromatic heterocycles. The first kappa shape index (κ1) is 18.9. The molecule has 1 amide bonds. The van der Waals surface area contributed by atoms with Gasteiger partial charge >= 0.3 is 0 Å². The van der Waals surface area contributed by atoms with Gasteiger partial charge in [-0.25, -0.2) is 0 Å². The number of rotatable bonds is 7. The van der Waals surface area contributed by atoms with Crippen LogP contribution in [0.25, 0.3) is 0 Å². The molecular weight excluding hydrogens is 328 g/mol. The maximum atomic E-state index is 12.2. The number of fused-ring (bicyclic) bond motifs is 1. The lowest BCUT2D eigenvalue weighted by Crippen LogP contribution is -2.42. The minimum atomic E-state index is -0.0143. The van der Waals surface area contributed by atoms with Crippen LogP contribution in [-0.2, 0) is 11.2 Å². The summed E-state index contributed by atoms with van der Waals surface area (Å²) in [4.78, 5) is 14.5. The standard InChI is InChI=1S/C18H27ClN2O3/c1-4-21(5-2)13(3)12-20-17(22)11-14-9-15(19)18-16(10-14)23-7-6-8-24-18/h9-10,13H,4-8,11-12H2,1-3H3,(H,20,22). The average molecular weight is 355 g/mol. The Kier molecular flexibility index (Phi) is 7.18. The van der Waals surface area contributed by atoms with E-state index in [1.165, 1.54) is 0 Å². The molecule has 0 bridgehead atoms. The minimum absolute atomic E-state index is 0.0143. The topological polar surface area (TPSA) is 50.8 Å². The summed E-state index contributed by atoms with van der Waals surface area (Å²) in [5.74, 6) is 1.19. The van der Waals surface area contributed by atoms with Crippen molar-refractivity contribution in [2.75, 3.05) is 32.8 Å². The first-order chi connectivity index (χ1) is 11.5. The molecule has 24 heavy (non-hydrogen) atoms. The molecule has 0 saturated heterocycles. The molecule has 1 heterocycles. The van der Waals surface area contributed by atoms with Crippen molar-refractivity contribution < 1.29 is 14.3 Å². The molecule has 1 aromatic carbocycles. The number of hydrogen-bond acceptors (Lipinski definition) is 4. The second-order valence-electron chi connectivity index (χ2n) is 6.01. The number of amides is 1. The number of nitrogens with zero attached hydrogens (tertiary/aromatic N) is 1. The summed E-state index contributed by atoms with van der Waals surface area (Å²) in [6.45, 7) is 10.2. The van der Waals surface area contributed by atoms with Crippen molar-refractivity contribution in [2.45, 2.75) is 39.7 Å². The molecule has 2 rings (SSSR count). The van der Waals surface area contributed by atoms with E-state index in [9.17, 15) is 4.79 Å². The molecule has 0 saturated carbocycles. The Morgan fingerprint density at radius 2 is 2.00 bits per heavy atom. The molecule has 1 aromatic rings. The third-order valence-corrected chi connectivity index (χ3v) is 4.54. The fourth-order valence-electron chi connectivity index (χ4n) is 2.87. The summed E-state index contributed by atoms with van der Waals surface area (Å²) in [6, 6.07) is 3.94. The Morgan fingerprint density at radius 1 is 1.29 bits per heavy atom. The predicted octanol–water partition coefficient (Wildman–Crippen LogP) is 2.89. The van der Waals surface area contributed by atoms with Gasteiger partial charge < -0.3 is 14.8 Å². The summed E-state index contributed by atoms with van der Waals surface area (Å²) in [5, 5.41) is 3.49. The molecule has 0 aliphatic carbocycles. The van der Waals surface area contributed by atoms with Crippen molar-refractivity contribution in [3.05, 3.63) is 22.7 Å². The van der Waals surface area contributed by atoms with E-state index >= 15 is 0 Å². The zero-order chi connectivity index (χ0) is 17.5. The highest BCUT2D eigenvalue weighted by molar-refractivity contribution is 6.32. The molecule has 0 fully saturated rings. The number of halogens is 1. The zero-order valence-electron chi connectivity index (χ0n) is 14.7. The number of likely N-dealkylation sites (N-methyl/N-ethyl adjacent to an activating group) is 1. The number of ether oxygens (including phenoxy) is 2. The summed E-state index contributed by atoms with van der Waals surface area (Å²) < 4.78 is 11.3. The van der Waals surface area contributed by atoms with Gasteiger partial charge in [-0.05, 0) is 37.7 Å². The van der Waals surface area contributed by atoms with Crippen LogP contribution in [0.1, 0.15) is 32.8 Å². The number of carbonyl (C=O) groups is 1. The predicted molar refractivity (Wildman–Crippen MR) is 96.2 cm³/mol. The van der Waals surface area contributed by atoms with Crippen LogP contribution in [0.4, 0.5) is 0 Å². The van der Waals surface area contributed by atoms with Crippen molar-refractivity contribution in [3.8, 4) is 11.5 Å². The second-order valence-corrected chi connectivity index (χ2v) is 6.41. The maximum absolute atomic E-state index is 12.2. The molecule has 5 nitrogen and oxygen atoms in total. The molecule has 1 N–H and O–H groups in total. The van der Waals surface area contributed by atoms with Crippen molar-refractivity contribution in [3.63, 3.8) is 0 Å². The van der Waals surface area contributed by atoms with Gasteiger partial charge in [-0.15, -0.1) is 0 Å². The quantitative estimate of drug-likeness (QED) is 0.818. The third-order valence-electron chi connectivity index (χ3n) is 4.26. The molecular formula is C18H27ClN2O3. The van der Waals surface area contributed by atoms with Crippen LogP contribution in [0.3, 0.4) is 0 Å². The van der Waals surface area contributed by atoms with Crippen LogP contribution < -0.4 is 14.8 Å².